The Hall–Kier alpha value is -3.23. The maximum atomic E-state index is 12.8. The van der Waals surface area contributed by atoms with Crippen LogP contribution in [-0.2, 0) is 44.2 Å². The fourth-order valence-corrected chi connectivity index (χ4v) is 6.27. The predicted octanol–water partition coefficient (Wildman–Crippen LogP) is 1.60. The van der Waals surface area contributed by atoms with Crippen LogP contribution in [0, 0.1) is 0 Å². The van der Waals surface area contributed by atoms with Gasteiger partial charge in [0.25, 0.3) is 0 Å². The second kappa shape index (κ2) is 12.0. The maximum Gasteiger partial charge on any atom is 0.471 e. The molecule has 0 spiro atoms. The standard InChI is InChI=1S/C23H26F6N6O7S/c1-21(2)41-13-11(7-43(4)6-5-10(18(36)39-3)33-19(37)22(24,25)26)40-17(14(13)42-21)35-9-32-12-15(30-8-31-16(12)35)34-20(38)23(27,28)29/h8-11,13-14,17H,5-7H2,1-4H3,(H-,30,31,33,34,37,38)/p+1/t10?,11-,13-,14-,17-,43?/m1/s1. The number of hydrogen-bond acceptors (Lipinski definition) is 10. The summed E-state index contributed by atoms with van der Waals surface area (Å²) in [7, 11) is 0.408. The number of esters is 1. The van der Waals surface area contributed by atoms with Gasteiger partial charge in [0.1, 0.15) is 42.2 Å². The number of rotatable bonds is 9. The van der Waals surface area contributed by atoms with E-state index in [-0.39, 0.29) is 23.3 Å². The van der Waals surface area contributed by atoms with Gasteiger partial charge >= 0.3 is 30.1 Å². The van der Waals surface area contributed by atoms with Gasteiger partial charge in [-0.15, -0.1) is 0 Å². The molecule has 0 aromatic carbocycles. The summed E-state index contributed by atoms with van der Waals surface area (Å²) >= 11 is 0. The van der Waals surface area contributed by atoms with Crippen molar-refractivity contribution < 1.29 is 59.7 Å². The average molecular weight is 646 g/mol. The zero-order valence-corrected chi connectivity index (χ0v) is 23.8. The van der Waals surface area contributed by atoms with Gasteiger partial charge in [0.05, 0.1) is 19.7 Å². The Bertz CT molecular complexity index is 1370. The van der Waals surface area contributed by atoms with Gasteiger partial charge in [-0.1, -0.05) is 0 Å². The first-order chi connectivity index (χ1) is 19.9. The van der Waals surface area contributed by atoms with Gasteiger partial charge in [-0.05, 0) is 24.7 Å². The van der Waals surface area contributed by atoms with E-state index in [1.807, 2.05) is 0 Å². The molecule has 6 atom stereocenters. The predicted molar refractivity (Wildman–Crippen MR) is 135 cm³/mol. The third-order valence-corrected chi connectivity index (χ3v) is 8.33. The molecule has 13 nitrogen and oxygen atoms in total. The molecule has 2 saturated heterocycles. The smallest absolute Gasteiger partial charge is 0.467 e. The lowest BCUT2D eigenvalue weighted by Crippen LogP contribution is -2.48. The molecule has 2 unspecified atom stereocenters. The van der Waals surface area contributed by atoms with Gasteiger partial charge in [-0.3, -0.25) is 14.2 Å². The molecule has 2 amide bonds. The van der Waals surface area contributed by atoms with Crippen LogP contribution in [0.15, 0.2) is 12.7 Å². The van der Waals surface area contributed by atoms with E-state index in [1.54, 1.807) is 30.7 Å². The van der Waals surface area contributed by atoms with Crippen molar-refractivity contribution in [2.45, 2.75) is 69.0 Å². The van der Waals surface area contributed by atoms with Crippen molar-refractivity contribution in [3.05, 3.63) is 12.7 Å². The normalized spacial score (nSPS) is 24.8. The number of alkyl halides is 6. The number of imidazole rings is 1. The van der Waals surface area contributed by atoms with Gasteiger partial charge in [-0.25, -0.2) is 19.7 Å². The number of amides is 2. The van der Waals surface area contributed by atoms with E-state index in [0.717, 1.165) is 13.4 Å². The fraction of sp³-hybridized carbons (Fsp3) is 0.652. The molecule has 238 valence electrons. The van der Waals surface area contributed by atoms with E-state index in [1.165, 1.54) is 10.9 Å². The van der Waals surface area contributed by atoms with Gasteiger partial charge < -0.3 is 29.6 Å². The minimum Gasteiger partial charge on any atom is -0.467 e. The Morgan fingerprint density at radius 3 is 2.35 bits per heavy atom. The summed E-state index contributed by atoms with van der Waals surface area (Å²) in [4.78, 5) is 46.7. The van der Waals surface area contributed by atoms with Crippen molar-refractivity contribution in [2.24, 2.45) is 0 Å². The van der Waals surface area contributed by atoms with Crippen molar-refractivity contribution in [1.29, 1.82) is 0 Å². The summed E-state index contributed by atoms with van der Waals surface area (Å²) in [5.74, 6) is -6.51. The summed E-state index contributed by atoms with van der Waals surface area (Å²) in [6, 6.07) is -1.52. The van der Waals surface area contributed by atoms with Crippen LogP contribution in [0.5, 0.6) is 0 Å². The first kappa shape index (κ1) is 32.7. The molecule has 2 fully saturated rings. The van der Waals surface area contributed by atoms with Gasteiger partial charge in [-0.2, -0.15) is 26.3 Å². The number of nitrogens with one attached hydrogen (secondary N) is 2. The molecule has 4 heterocycles. The molecular weight excluding hydrogens is 618 g/mol. The van der Waals surface area contributed by atoms with E-state index >= 15 is 0 Å². The van der Waals surface area contributed by atoms with Crippen molar-refractivity contribution in [1.82, 2.24) is 24.8 Å². The number of methoxy groups -OCH3 is 1. The molecule has 0 aliphatic carbocycles. The molecule has 2 aromatic rings. The van der Waals surface area contributed by atoms with E-state index in [9.17, 15) is 40.7 Å². The SMILES string of the molecule is COC(=O)C(CC[S+](C)C[C@H]1O[C@@H](n2cnc3c(NC(=O)C(F)(F)F)ncnc32)[C@@H]2OC(C)(C)O[C@@H]21)NC(=O)C(F)(F)F. The number of anilines is 1. The highest BCUT2D eigenvalue weighted by molar-refractivity contribution is 7.96. The lowest BCUT2D eigenvalue weighted by atomic mass is 10.1. The average Bonchev–Trinajstić information content (AvgIpc) is 3.56. The molecule has 0 radical (unpaired) electrons. The van der Waals surface area contributed by atoms with Crippen molar-refractivity contribution in [3.8, 4) is 0 Å². The molecule has 2 aliphatic rings. The summed E-state index contributed by atoms with van der Waals surface area (Å²) < 4.78 is 101. The Morgan fingerprint density at radius 2 is 1.72 bits per heavy atom. The fourth-order valence-electron chi connectivity index (χ4n) is 4.64. The van der Waals surface area contributed by atoms with E-state index in [0.29, 0.717) is 5.75 Å². The molecule has 2 N–H and O–H groups in total. The maximum absolute atomic E-state index is 12.8. The first-order valence-electron chi connectivity index (χ1n) is 12.5. The zero-order chi connectivity index (χ0) is 31.9. The topological polar surface area (TPSA) is 156 Å². The molecule has 20 heteroatoms. The van der Waals surface area contributed by atoms with Crippen molar-refractivity contribution in [3.63, 3.8) is 0 Å². The third kappa shape index (κ3) is 7.29. The minimum atomic E-state index is -5.18. The second-order valence-corrected chi connectivity index (χ2v) is 12.4. The number of carbonyl (C=O) groups excluding carboxylic acids is 3. The Labute approximate surface area is 242 Å². The van der Waals surface area contributed by atoms with Crippen LogP contribution in [0.25, 0.3) is 11.2 Å². The lowest BCUT2D eigenvalue weighted by molar-refractivity contribution is -0.193. The quantitative estimate of drug-likeness (QED) is 0.233. The van der Waals surface area contributed by atoms with Crippen LogP contribution >= 0.6 is 0 Å². The molecule has 0 saturated carbocycles. The first-order valence-corrected chi connectivity index (χ1v) is 14.5. The third-order valence-electron chi connectivity index (χ3n) is 6.50. The number of aromatic nitrogens is 4. The molecule has 0 bridgehead atoms. The highest BCUT2D eigenvalue weighted by atomic mass is 32.2. The van der Waals surface area contributed by atoms with Crippen LogP contribution in [0.3, 0.4) is 0 Å². The summed E-state index contributed by atoms with van der Waals surface area (Å²) in [6.07, 6.45) is -9.41. The summed E-state index contributed by atoms with van der Waals surface area (Å²) in [6.45, 7) is 3.35. The minimum absolute atomic E-state index is 0.0435. The highest BCUT2D eigenvalue weighted by Crippen LogP contribution is 2.44. The second-order valence-electron chi connectivity index (χ2n) is 10.1. The van der Waals surface area contributed by atoms with E-state index in [2.05, 4.69) is 19.7 Å². The van der Waals surface area contributed by atoms with Crippen molar-refractivity contribution >= 4 is 45.7 Å². The number of ether oxygens (including phenoxy) is 4. The Kier molecular flexibility index (Phi) is 9.15. The monoisotopic (exact) mass is 645 g/mol. The molecule has 4 rings (SSSR count). The zero-order valence-electron chi connectivity index (χ0n) is 23.0. The van der Waals surface area contributed by atoms with Crippen LogP contribution < -0.4 is 10.6 Å². The number of carbonyl (C=O) groups is 3. The van der Waals surface area contributed by atoms with Crippen LogP contribution in [-0.4, -0.2) is 105 Å². The van der Waals surface area contributed by atoms with Gasteiger partial charge in [0.2, 0.25) is 0 Å². The summed E-state index contributed by atoms with van der Waals surface area (Å²) in [5, 5.41) is 3.32. The number of halogens is 6. The van der Waals surface area contributed by atoms with Gasteiger partial charge in [0.15, 0.2) is 29.0 Å². The summed E-state index contributed by atoms with van der Waals surface area (Å²) in [5.41, 5.74) is -0.0890. The highest BCUT2D eigenvalue weighted by Gasteiger charge is 2.57. The van der Waals surface area contributed by atoms with E-state index in [4.69, 9.17) is 14.2 Å². The van der Waals surface area contributed by atoms with Gasteiger partial charge in [0, 0.05) is 6.42 Å². The Morgan fingerprint density at radius 1 is 1.07 bits per heavy atom. The molecule has 43 heavy (non-hydrogen) atoms. The molecule has 2 aromatic heterocycles. The number of hydrogen-bond donors (Lipinski definition) is 2. The van der Waals surface area contributed by atoms with Crippen LogP contribution in [0.1, 0.15) is 26.5 Å². The number of fused-ring (bicyclic) bond motifs is 2. The molecule has 2 aliphatic heterocycles. The van der Waals surface area contributed by atoms with Crippen LogP contribution in [0.4, 0.5) is 32.2 Å². The number of nitrogens with zero attached hydrogens (tertiary/aromatic N) is 4. The lowest BCUT2D eigenvalue weighted by Gasteiger charge is -2.24. The molecular formula is C23H27F6N6O7S+. The Balaban J connectivity index is 1.50. The van der Waals surface area contributed by atoms with E-state index < -0.39 is 83.2 Å². The van der Waals surface area contributed by atoms with Crippen molar-refractivity contribution in [2.75, 3.05) is 30.2 Å². The largest absolute Gasteiger partial charge is 0.471 e. The van der Waals surface area contributed by atoms with Crippen LogP contribution in [0.2, 0.25) is 0 Å².